The fraction of sp³-hybridized carbons (Fsp3) is 0.412. The summed E-state index contributed by atoms with van der Waals surface area (Å²) in [6.07, 6.45) is 2.91. The van der Waals surface area contributed by atoms with Crippen molar-refractivity contribution in [2.45, 2.75) is 26.2 Å². The van der Waals surface area contributed by atoms with Gasteiger partial charge in [-0.05, 0) is 12.8 Å². The van der Waals surface area contributed by atoms with Gasteiger partial charge in [-0.2, -0.15) is 0 Å². The van der Waals surface area contributed by atoms with E-state index in [1.807, 2.05) is 0 Å². The van der Waals surface area contributed by atoms with Crippen molar-refractivity contribution in [3.05, 3.63) is 46.1 Å². The van der Waals surface area contributed by atoms with Gasteiger partial charge in [-0.25, -0.2) is 0 Å². The minimum absolute atomic E-state index is 0.0319. The third-order valence-corrected chi connectivity index (χ3v) is 3.83. The Balaban J connectivity index is 1.92. The van der Waals surface area contributed by atoms with Gasteiger partial charge in [0.25, 0.3) is 0 Å². The second-order valence-corrected chi connectivity index (χ2v) is 5.52. The molecule has 1 aliphatic rings. The summed E-state index contributed by atoms with van der Waals surface area (Å²) in [5.74, 6) is -0.536. The third-order valence-electron chi connectivity index (χ3n) is 3.47. The number of nitrogens with one attached hydrogen (secondary N) is 1. The summed E-state index contributed by atoms with van der Waals surface area (Å²) in [6.45, 7) is 4.03. The summed E-state index contributed by atoms with van der Waals surface area (Å²) in [5.41, 5.74) is 0.962. The van der Waals surface area contributed by atoms with Crippen LogP contribution in [0.25, 0.3) is 0 Å². The number of benzene rings is 1. The molecule has 2 rings (SSSR count). The number of ketones is 2. The summed E-state index contributed by atoms with van der Waals surface area (Å²) >= 11 is 6.05. The molecular weight excluding hydrogens is 302 g/mol. The van der Waals surface area contributed by atoms with Gasteiger partial charge in [0.2, 0.25) is 11.6 Å². The molecule has 0 unspecified atom stereocenters. The van der Waals surface area contributed by atoms with E-state index in [4.69, 9.17) is 16.3 Å². The van der Waals surface area contributed by atoms with Crippen LogP contribution in [0.5, 0.6) is 0 Å². The number of allylic oxidation sites excluding steroid dienone is 2. The quantitative estimate of drug-likeness (QED) is 0.746. The van der Waals surface area contributed by atoms with E-state index in [0.717, 1.165) is 25.9 Å². The van der Waals surface area contributed by atoms with Crippen molar-refractivity contribution in [1.82, 2.24) is 5.32 Å². The van der Waals surface area contributed by atoms with Crippen LogP contribution in [0.4, 0.5) is 0 Å². The van der Waals surface area contributed by atoms with E-state index in [1.54, 1.807) is 24.3 Å². The number of unbranched alkanes of at least 4 members (excludes halogenated alkanes) is 1. The molecule has 0 bridgehead atoms. The fourth-order valence-corrected chi connectivity index (χ4v) is 2.49. The van der Waals surface area contributed by atoms with Crippen molar-refractivity contribution in [1.29, 1.82) is 0 Å². The molecule has 118 valence electrons. The van der Waals surface area contributed by atoms with Crippen molar-refractivity contribution >= 4 is 23.2 Å². The van der Waals surface area contributed by atoms with Gasteiger partial charge in [0.1, 0.15) is 10.7 Å². The molecule has 1 aliphatic carbocycles. The zero-order valence-electron chi connectivity index (χ0n) is 12.7. The maximum absolute atomic E-state index is 12.4. The first-order valence-corrected chi connectivity index (χ1v) is 7.94. The monoisotopic (exact) mass is 321 g/mol. The lowest BCUT2D eigenvalue weighted by atomic mass is 9.92. The molecule has 1 N–H and O–H groups in total. The molecule has 22 heavy (non-hydrogen) atoms. The average molecular weight is 322 g/mol. The van der Waals surface area contributed by atoms with Crippen LogP contribution < -0.4 is 5.32 Å². The number of hydrogen-bond acceptors (Lipinski definition) is 4. The Morgan fingerprint density at radius 2 is 1.68 bits per heavy atom. The topological polar surface area (TPSA) is 55.4 Å². The molecule has 0 aromatic heterocycles. The molecule has 0 radical (unpaired) electrons. The highest BCUT2D eigenvalue weighted by molar-refractivity contribution is 6.49. The van der Waals surface area contributed by atoms with Crippen LogP contribution >= 0.6 is 11.6 Å². The van der Waals surface area contributed by atoms with E-state index < -0.39 is 0 Å². The molecule has 0 saturated carbocycles. The van der Waals surface area contributed by atoms with Crippen LogP contribution in [0.15, 0.2) is 35.0 Å². The molecule has 1 aromatic rings. The van der Waals surface area contributed by atoms with Crippen LogP contribution in [0, 0.1) is 0 Å². The predicted octanol–water partition coefficient (Wildman–Crippen LogP) is 3.31. The largest absolute Gasteiger partial charge is 0.381 e. The average Bonchev–Trinajstić information content (AvgIpc) is 2.54. The fourth-order valence-electron chi connectivity index (χ4n) is 2.24. The van der Waals surface area contributed by atoms with E-state index in [1.165, 1.54) is 0 Å². The predicted molar refractivity (Wildman–Crippen MR) is 86.3 cm³/mol. The maximum atomic E-state index is 12.4. The molecule has 4 nitrogen and oxygen atoms in total. The molecule has 0 atom stereocenters. The molecule has 5 heteroatoms. The number of carbonyl (C=O) groups excluding carboxylic acids is 2. The Kier molecular flexibility index (Phi) is 6.16. The van der Waals surface area contributed by atoms with Crippen LogP contribution in [-0.4, -0.2) is 31.3 Å². The van der Waals surface area contributed by atoms with E-state index in [2.05, 4.69) is 12.2 Å². The highest BCUT2D eigenvalue weighted by Gasteiger charge is 2.30. The molecule has 0 amide bonds. The third kappa shape index (κ3) is 3.76. The number of halogens is 1. The van der Waals surface area contributed by atoms with Crippen LogP contribution in [-0.2, 0) is 4.74 Å². The Hall–Kier alpha value is -1.65. The highest BCUT2D eigenvalue weighted by Crippen LogP contribution is 2.26. The number of Topliss-reactive ketones (excluding diaryl/α,β-unsaturated/α-hetero) is 2. The van der Waals surface area contributed by atoms with Crippen LogP contribution in [0.2, 0.25) is 0 Å². The SMILES string of the molecule is CCCCOCCCNC1=C(Cl)C(=O)c2ccccc2C1=O. The van der Waals surface area contributed by atoms with Gasteiger partial charge in [-0.1, -0.05) is 49.2 Å². The second kappa shape index (κ2) is 8.11. The number of ether oxygens (including phenoxy) is 1. The summed E-state index contributed by atoms with van der Waals surface area (Å²) in [6, 6.07) is 6.73. The number of hydrogen-bond donors (Lipinski definition) is 1. The van der Waals surface area contributed by atoms with Crippen LogP contribution in [0.1, 0.15) is 46.9 Å². The van der Waals surface area contributed by atoms with Crippen molar-refractivity contribution in [2.24, 2.45) is 0 Å². The molecule has 1 aromatic carbocycles. The summed E-state index contributed by atoms with van der Waals surface area (Å²) in [7, 11) is 0. The van der Waals surface area contributed by atoms with Crippen molar-refractivity contribution in [3.8, 4) is 0 Å². The Bertz CT molecular complexity index is 595. The second-order valence-electron chi connectivity index (χ2n) is 5.14. The lowest BCUT2D eigenvalue weighted by Crippen LogP contribution is -2.30. The number of fused-ring (bicyclic) bond motifs is 1. The van der Waals surface area contributed by atoms with Crippen molar-refractivity contribution < 1.29 is 14.3 Å². The van der Waals surface area contributed by atoms with Gasteiger partial charge < -0.3 is 10.1 Å². The maximum Gasteiger partial charge on any atom is 0.211 e. The molecular formula is C17H20ClNO3. The standard InChI is InChI=1S/C17H20ClNO3/c1-2-3-10-22-11-6-9-19-15-14(18)16(20)12-7-4-5-8-13(12)17(15)21/h4-5,7-8,19H,2-3,6,9-11H2,1H3. The summed E-state index contributed by atoms with van der Waals surface area (Å²) in [5, 5.41) is 2.95. The first-order chi connectivity index (χ1) is 10.7. The zero-order valence-corrected chi connectivity index (χ0v) is 13.4. The molecule has 0 aliphatic heterocycles. The lowest BCUT2D eigenvalue weighted by molar-refractivity contribution is 0.0973. The molecule has 0 fully saturated rings. The Morgan fingerprint density at radius 3 is 2.36 bits per heavy atom. The van der Waals surface area contributed by atoms with Gasteiger partial charge in [0.15, 0.2) is 0 Å². The van der Waals surface area contributed by atoms with Gasteiger partial charge in [-0.15, -0.1) is 0 Å². The smallest absolute Gasteiger partial charge is 0.211 e. The van der Waals surface area contributed by atoms with E-state index in [0.29, 0.717) is 24.3 Å². The van der Waals surface area contributed by atoms with E-state index >= 15 is 0 Å². The Morgan fingerprint density at radius 1 is 1.05 bits per heavy atom. The minimum atomic E-state index is -0.307. The van der Waals surface area contributed by atoms with Gasteiger partial charge in [0, 0.05) is 30.9 Å². The van der Waals surface area contributed by atoms with Gasteiger partial charge >= 0.3 is 0 Å². The van der Waals surface area contributed by atoms with Crippen LogP contribution in [0.3, 0.4) is 0 Å². The first-order valence-electron chi connectivity index (χ1n) is 7.56. The lowest BCUT2D eigenvalue weighted by Gasteiger charge is -2.18. The van der Waals surface area contributed by atoms with Gasteiger partial charge in [-0.3, -0.25) is 9.59 Å². The molecule has 0 spiro atoms. The minimum Gasteiger partial charge on any atom is -0.381 e. The van der Waals surface area contributed by atoms with Gasteiger partial charge in [0.05, 0.1) is 0 Å². The van der Waals surface area contributed by atoms with Crippen molar-refractivity contribution in [2.75, 3.05) is 19.8 Å². The number of rotatable bonds is 8. The Labute approximate surface area is 135 Å². The normalized spacial score (nSPS) is 14.3. The number of carbonyl (C=O) groups is 2. The first kappa shape index (κ1) is 16.7. The molecule has 0 heterocycles. The zero-order chi connectivity index (χ0) is 15.9. The van der Waals surface area contributed by atoms with Crippen molar-refractivity contribution in [3.63, 3.8) is 0 Å². The van der Waals surface area contributed by atoms with E-state index in [-0.39, 0.29) is 22.3 Å². The molecule has 0 saturated heterocycles. The highest BCUT2D eigenvalue weighted by atomic mass is 35.5. The summed E-state index contributed by atoms with van der Waals surface area (Å²) in [4.78, 5) is 24.6. The summed E-state index contributed by atoms with van der Waals surface area (Å²) < 4.78 is 5.45. The van der Waals surface area contributed by atoms with E-state index in [9.17, 15) is 9.59 Å².